The molecule has 0 aliphatic carbocycles. The van der Waals surface area contributed by atoms with Crippen LogP contribution in [-0.2, 0) is 4.74 Å². The van der Waals surface area contributed by atoms with Gasteiger partial charge in [-0.2, -0.15) is 0 Å². The topological polar surface area (TPSA) is 57.6 Å². The lowest BCUT2D eigenvalue weighted by molar-refractivity contribution is 0.0378. The van der Waals surface area contributed by atoms with Crippen LogP contribution in [0.25, 0.3) is 21.0 Å². The number of morpholine rings is 1. The maximum absolute atomic E-state index is 10.0. The molecule has 6 heteroatoms. The summed E-state index contributed by atoms with van der Waals surface area (Å²) < 4.78 is 6.53. The van der Waals surface area contributed by atoms with Gasteiger partial charge in [0.15, 0.2) is 5.13 Å². The van der Waals surface area contributed by atoms with Crippen molar-refractivity contribution in [3.63, 3.8) is 0 Å². The number of aromatic nitrogens is 1. The molecule has 1 aliphatic heterocycles. The van der Waals surface area contributed by atoms with Gasteiger partial charge in [-0.1, -0.05) is 23.5 Å². The SMILES string of the molecule is Cc1c(O)ccc2ccc3sc(NCCCN4CCOCC4)nc3c12. The summed E-state index contributed by atoms with van der Waals surface area (Å²) in [6.45, 7) is 7.74. The number of fused-ring (bicyclic) bond motifs is 3. The Balaban J connectivity index is 1.47. The first-order valence-corrected chi connectivity index (χ1v) is 9.60. The van der Waals surface area contributed by atoms with Crippen molar-refractivity contribution in [3.8, 4) is 5.75 Å². The van der Waals surface area contributed by atoms with Gasteiger partial charge >= 0.3 is 0 Å². The zero-order chi connectivity index (χ0) is 17.2. The molecule has 0 radical (unpaired) electrons. The summed E-state index contributed by atoms with van der Waals surface area (Å²) in [5.74, 6) is 0.327. The van der Waals surface area contributed by atoms with Gasteiger partial charge in [0.2, 0.25) is 0 Å². The van der Waals surface area contributed by atoms with Gasteiger partial charge in [0, 0.05) is 30.6 Å². The van der Waals surface area contributed by atoms with Gasteiger partial charge in [0.05, 0.1) is 23.4 Å². The number of benzene rings is 2. The maximum atomic E-state index is 10.0. The molecule has 2 aromatic carbocycles. The fourth-order valence-electron chi connectivity index (χ4n) is 3.36. The lowest BCUT2D eigenvalue weighted by Crippen LogP contribution is -2.37. The van der Waals surface area contributed by atoms with Crippen molar-refractivity contribution in [1.82, 2.24) is 9.88 Å². The maximum Gasteiger partial charge on any atom is 0.183 e. The first-order chi connectivity index (χ1) is 12.2. The van der Waals surface area contributed by atoms with Gasteiger partial charge in [-0.25, -0.2) is 4.98 Å². The van der Waals surface area contributed by atoms with Crippen LogP contribution in [-0.4, -0.2) is 54.4 Å². The molecule has 2 N–H and O–H groups in total. The van der Waals surface area contributed by atoms with Crippen LogP contribution in [0.4, 0.5) is 5.13 Å². The molecular weight excluding hydrogens is 334 g/mol. The highest BCUT2D eigenvalue weighted by molar-refractivity contribution is 7.22. The molecule has 1 aromatic heterocycles. The van der Waals surface area contributed by atoms with E-state index in [0.29, 0.717) is 5.75 Å². The van der Waals surface area contributed by atoms with E-state index < -0.39 is 0 Å². The Bertz CT molecular complexity index is 887. The first-order valence-electron chi connectivity index (χ1n) is 8.78. The summed E-state index contributed by atoms with van der Waals surface area (Å²) in [6, 6.07) is 7.92. The van der Waals surface area contributed by atoms with E-state index >= 15 is 0 Å². The molecule has 4 rings (SSSR count). The number of anilines is 1. The van der Waals surface area contributed by atoms with Gasteiger partial charge in [-0.3, -0.25) is 4.90 Å². The third-order valence-electron chi connectivity index (χ3n) is 4.80. The molecule has 3 aromatic rings. The molecule has 5 nitrogen and oxygen atoms in total. The predicted molar refractivity (Wildman–Crippen MR) is 104 cm³/mol. The Morgan fingerprint density at radius 3 is 2.88 bits per heavy atom. The van der Waals surface area contributed by atoms with Gasteiger partial charge in [-0.05, 0) is 37.4 Å². The Morgan fingerprint density at radius 2 is 2.04 bits per heavy atom. The minimum atomic E-state index is 0.327. The number of phenols is 1. The summed E-state index contributed by atoms with van der Waals surface area (Å²) in [5.41, 5.74) is 1.87. The highest BCUT2D eigenvalue weighted by atomic mass is 32.1. The van der Waals surface area contributed by atoms with Gasteiger partial charge in [0.25, 0.3) is 0 Å². The van der Waals surface area contributed by atoms with E-state index in [1.54, 1.807) is 17.4 Å². The van der Waals surface area contributed by atoms with Crippen LogP contribution in [0.5, 0.6) is 5.75 Å². The van der Waals surface area contributed by atoms with Crippen molar-refractivity contribution in [1.29, 1.82) is 0 Å². The molecule has 1 fully saturated rings. The number of hydrogen-bond acceptors (Lipinski definition) is 6. The minimum Gasteiger partial charge on any atom is -0.508 e. The zero-order valence-corrected chi connectivity index (χ0v) is 15.2. The first kappa shape index (κ1) is 16.6. The quantitative estimate of drug-likeness (QED) is 0.683. The molecule has 0 unspecified atom stereocenters. The molecule has 1 saturated heterocycles. The summed E-state index contributed by atoms with van der Waals surface area (Å²) in [4.78, 5) is 7.24. The van der Waals surface area contributed by atoms with E-state index in [2.05, 4.69) is 22.3 Å². The predicted octanol–water partition coefficient (Wildman–Crippen LogP) is 3.60. The van der Waals surface area contributed by atoms with Gasteiger partial charge < -0.3 is 15.2 Å². The number of hydrogen-bond donors (Lipinski definition) is 2. The number of nitrogens with zero attached hydrogens (tertiary/aromatic N) is 2. The van der Waals surface area contributed by atoms with Gasteiger partial charge in [0.1, 0.15) is 5.75 Å². The van der Waals surface area contributed by atoms with Crippen molar-refractivity contribution in [2.24, 2.45) is 0 Å². The van der Waals surface area contributed by atoms with E-state index in [1.165, 1.54) is 0 Å². The van der Waals surface area contributed by atoms with Crippen molar-refractivity contribution < 1.29 is 9.84 Å². The molecule has 1 aliphatic rings. The molecule has 132 valence electrons. The van der Waals surface area contributed by atoms with Crippen LogP contribution in [0.2, 0.25) is 0 Å². The second-order valence-corrected chi connectivity index (χ2v) is 7.50. The molecule has 0 bridgehead atoms. The number of ether oxygens (including phenoxy) is 1. The normalized spacial score (nSPS) is 15.9. The van der Waals surface area contributed by atoms with E-state index in [0.717, 1.165) is 77.5 Å². The summed E-state index contributed by atoms with van der Waals surface area (Å²) in [5, 5.41) is 16.6. The molecule has 25 heavy (non-hydrogen) atoms. The van der Waals surface area contributed by atoms with Gasteiger partial charge in [-0.15, -0.1) is 0 Å². The third-order valence-corrected chi connectivity index (χ3v) is 5.78. The molecule has 0 spiro atoms. The van der Waals surface area contributed by atoms with E-state index in [-0.39, 0.29) is 0 Å². The van der Waals surface area contributed by atoms with Crippen LogP contribution in [0, 0.1) is 6.92 Å². The smallest absolute Gasteiger partial charge is 0.183 e. The highest BCUT2D eigenvalue weighted by Crippen LogP contribution is 2.36. The number of aryl methyl sites for hydroxylation is 1. The number of phenolic OH excluding ortho intramolecular Hbond substituents is 1. The molecule has 2 heterocycles. The minimum absolute atomic E-state index is 0.327. The second kappa shape index (κ2) is 7.15. The van der Waals surface area contributed by atoms with Crippen LogP contribution in [0.3, 0.4) is 0 Å². The standard InChI is InChI=1S/C19H23N3O2S/c1-13-15(23)5-3-14-4-6-16-18(17(13)14)21-19(25-16)20-7-2-8-22-9-11-24-12-10-22/h3-6,23H,2,7-12H2,1H3,(H,20,21). The van der Waals surface area contributed by atoms with Crippen LogP contribution in [0.15, 0.2) is 24.3 Å². The molecule has 0 amide bonds. The average molecular weight is 357 g/mol. The summed E-state index contributed by atoms with van der Waals surface area (Å²) >= 11 is 1.68. The van der Waals surface area contributed by atoms with Crippen molar-refractivity contribution in [3.05, 3.63) is 29.8 Å². The lowest BCUT2D eigenvalue weighted by Gasteiger charge is -2.26. The second-order valence-electron chi connectivity index (χ2n) is 6.47. The monoisotopic (exact) mass is 357 g/mol. The highest BCUT2D eigenvalue weighted by Gasteiger charge is 2.12. The van der Waals surface area contributed by atoms with E-state index in [4.69, 9.17) is 9.72 Å². The van der Waals surface area contributed by atoms with Crippen LogP contribution >= 0.6 is 11.3 Å². The fraction of sp³-hybridized carbons (Fsp3) is 0.421. The molecule has 0 atom stereocenters. The Kier molecular flexibility index (Phi) is 4.74. The fourth-order valence-corrected chi connectivity index (χ4v) is 4.26. The lowest BCUT2D eigenvalue weighted by atomic mass is 10.0. The Morgan fingerprint density at radius 1 is 1.24 bits per heavy atom. The summed E-state index contributed by atoms with van der Waals surface area (Å²) in [7, 11) is 0. The number of rotatable bonds is 5. The van der Waals surface area contributed by atoms with Crippen LogP contribution < -0.4 is 5.32 Å². The van der Waals surface area contributed by atoms with E-state index in [1.807, 2.05) is 13.0 Å². The number of aromatic hydroxyl groups is 1. The van der Waals surface area contributed by atoms with Crippen molar-refractivity contribution >= 4 is 37.5 Å². The number of thiazole rings is 1. The van der Waals surface area contributed by atoms with Crippen molar-refractivity contribution in [2.75, 3.05) is 44.7 Å². The average Bonchev–Trinajstić information content (AvgIpc) is 3.05. The summed E-state index contributed by atoms with van der Waals surface area (Å²) in [6.07, 6.45) is 1.09. The molecular formula is C19H23N3O2S. The zero-order valence-electron chi connectivity index (χ0n) is 14.4. The Labute approximate surface area is 151 Å². The molecule has 0 saturated carbocycles. The van der Waals surface area contributed by atoms with E-state index in [9.17, 15) is 5.11 Å². The van der Waals surface area contributed by atoms with Crippen molar-refractivity contribution in [2.45, 2.75) is 13.3 Å². The largest absolute Gasteiger partial charge is 0.508 e. The third kappa shape index (κ3) is 3.42. The Hall–Kier alpha value is -1.89. The van der Waals surface area contributed by atoms with Crippen LogP contribution in [0.1, 0.15) is 12.0 Å². The number of nitrogens with one attached hydrogen (secondary N) is 1.